The summed E-state index contributed by atoms with van der Waals surface area (Å²) in [6, 6.07) is 14.9. The minimum Gasteiger partial charge on any atom is -0.460 e. The van der Waals surface area contributed by atoms with Crippen LogP contribution >= 0.6 is 15.9 Å². The van der Waals surface area contributed by atoms with Crippen molar-refractivity contribution in [2.45, 2.75) is 12.8 Å². The first-order chi connectivity index (χ1) is 9.81. The number of benzene rings is 2. The van der Waals surface area contributed by atoms with Crippen molar-refractivity contribution in [1.29, 1.82) is 0 Å². The maximum absolute atomic E-state index is 5.94. The summed E-state index contributed by atoms with van der Waals surface area (Å²) in [5.41, 5.74) is 4.70. The third kappa shape index (κ3) is 1.92. The second-order valence-corrected chi connectivity index (χ2v) is 6.01. The first-order valence-electron chi connectivity index (χ1n) is 6.79. The molecule has 1 aliphatic carbocycles. The highest BCUT2D eigenvalue weighted by Gasteiger charge is 2.14. The van der Waals surface area contributed by atoms with Gasteiger partial charge in [-0.1, -0.05) is 46.3 Å². The largest absolute Gasteiger partial charge is 0.460 e. The fraction of sp³-hybridized carbons (Fsp3) is 0.111. The van der Waals surface area contributed by atoms with Gasteiger partial charge in [0.05, 0.1) is 0 Å². The van der Waals surface area contributed by atoms with Crippen molar-refractivity contribution in [3.8, 4) is 11.1 Å². The molecule has 0 radical (unpaired) electrons. The van der Waals surface area contributed by atoms with E-state index in [-0.39, 0.29) is 0 Å². The third-order valence-corrected chi connectivity index (χ3v) is 4.33. The molecule has 1 nitrogen and oxygen atoms in total. The lowest BCUT2D eigenvalue weighted by molar-refractivity contribution is 0.546. The maximum Gasteiger partial charge on any atom is 0.134 e. The molecule has 1 heterocycles. The van der Waals surface area contributed by atoms with Gasteiger partial charge in [-0.2, -0.15) is 0 Å². The Kier molecular flexibility index (Phi) is 2.78. The molecular weight excluding hydrogens is 312 g/mol. The van der Waals surface area contributed by atoms with E-state index < -0.39 is 0 Å². The van der Waals surface area contributed by atoms with Crippen molar-refractivity contribution in [2.75, 3.05) is 0 Å². The van der Waals surface area contributed by atoms with Gasteiger partial charge in [-0.3, -0.25) is 0 Å². The van der Waals surface area contributed by atoms with Crippen molar-refractivity contribution in [3.63, 3.8) is 0 Å². The molecule has 1 aliphatic rings. The number of aryl methyl sites for hydroxylation is 1. The standard InChI is InChI=1S/C18H13BrO/c19-14-8-5-12(6-9-14)13-7-10-18-16(11-13)15-3-1-2-4-17(15)20-18/h1,3,5-11H,2,4H2. The fourth-order valence-corrected chi connectivity index (χ4v) is 3.04. The second kappa shape index (κ2) is 4.64. The molecule has 2 aromatic carbocycles. The number of allylic oxidation sites excluding steroid dienone is 1. The Bertz CT molecular complexity index is 809. The molecule has 0 bridgehead atoms. The zero-order valence-electron chi connectivity index (χ0n) is 10.9. The molecule has 1 aromatic heterocycles. The van der Waals surface area contributed by atoms with Gasteiger partial charge in [0.15, 0.2) is 0 Å². The Hall–Kier alpha value is -1.80. The van der Waals surface area contributed by atoms with Crippen LogP contribution in [0.15, 0.2) is 57.4 Å². The molecular formula is C18H13BrO. The van der Waals surface area contributed by atoms with Crippen LogP contribution < -0.4 is 0 Å². The van der Waals surface area contributed by atoms with Crippen molar-refractivity contribution >= 4 is 33.0 Å². The number of hydrogen-bond acceptors (Lipinski definition) is 1. The first-order valence-corrected chi connectivity index (χ1v) is 7.58. The topological polar surface area (TPSA) is 13.1 Å². The average molecular weight is 325 g/mol. The average Bonchev–Trinajstić information content (AvgIpc) is 2.86. The van der Waals surface area contributed by atoms with Crippen molar-refractivity contribution in [2.24, 2.45) is 0 Å². The lowest BCUT2D eigenvalue weighted by Crippen LogP contribution is -1.88. The van der Waals surface area contributed by atoms with E-state index in [0.29, 0.717) is 0 Å². The van der Waals surface area contributed by atoms with E-state index in [1.807, 2.05) is 0 Å². The van der Waals surface area contributed by atoms with Gasteiger partial charge in [0.25, 0.3) is 0 Å². The molecule has 2 heteroatoms. The summed E-state index contributed by atoms with van der Waals surface area (Å²) in [6.45, 7) is 0. The lowest BCUT2D eigenvalue weighted by Gasteiger charge is -2.03. The number of rotatable bonds is 1. The number of hydrogen-bond donors (Lipinski definition) is 0. The summed E-state index contributed by atoms with van der Waals surface area (Å²) in [6.07, 6.45) is 6.50. The molecule has 0 aliphatic heterocycles. The van der Waals surface area contributed by atoms with E-state index in [2.05, 4.69) is 70.5 Å². The second-order valence-electron chi connectivity index (χ2n) is 5.10. The minimum absolute atomic E-state index is 0.988. The first kappa shape index (κ1) is 12.0. The predicted molar refractivity (Wildman–Crippen MR) is 86.7 cm³/mol. The number of fused-ring (bicyclic) bond motifs is 3. The molecule has 0 unspecified atom stereocenters. The third-order valence-electron chi connectivity index (χ3n) is 3.80. The Morgan fingerprint density at radius 3 is 2.60 bits per heavy atom. The predicted octanol–water partition coefficient (Wildman–Crippen LogP) is 5.82. The van der Waals surface area contributed by atoms with E-state index in [4.69, 9.17) is 4.42 Å². The Morgan fingerprint density at radius 1 is 0.950 bits per heavy atom. The van der Waals surface area contributed by atoms with Crippen molar-refractivity contribution in [3.05, 3.63) is 64.3 Å². The highest BCUT2D eigenvalue weighted by atomic mass is 79.9. The molecule has 0 spiro atoms. The van der Waals surface area contributed by atoms with Crippen LogP contribution in [-0.4, -0.2) is 0 Å². The number of furan rings is 1. The monoisotopic (exact) mass is 324 g/mol. The van der Waals surface area contributed by atoms with Gasteiger partial charge in [-0.25, -0.2) is 0 Å². The van der Waals surface area contributed by atoms with Crippen molar-refractivity contribution < 1.29 is 4.42 Å². The maximum atomic E-state index is 5.94. The minimum atomic E-state index is 0.988. The lowest BCUT2D eigenvalue weighted by atomic mass is 9.99. The smallest absolute Gasteiger partial charge is 0.134 e. The molecule has 98 valence electrons. The summed E-state index contributed by atoms with van der Waals surface area (Å²) in [5.74, 6) is 1.12. The SMILES string of the molecule is Brc1ccc(-c2ccc3oc4c(c3c2)C=CCC4)cc1. The summed E-state index contributed by atoms with van der Waals surface area (Å²) in [5, 5.41) is 1.22. The Labute approximate surface area is 126 Å². The highest BCUT2D eigenvalue weighted by Crippen LogP contribution is 2.34. The summed E-state index contributed by atoms with van der Waals surface area (Å²) in [4.78, 5) is 0. The molecule has 0 fully saturated rings. The van der Waals surface area contributed by atoms with Gasteiger partial charge >= 0.3 is 0 Å². The fourth-order valence-electron chi connectivity index (χ4n) is 2.77. The molecule has 0 amide bonds. The van der Waals surface area contributed by atoms with Crippen LogP contribution in [0.2, 0.25) is 0 Å². The molecule has 0 saturated carbocycles. The van der Waals surface area contributed by atoms with E-state index in [0.717, 1.165) is 28.7 Å². The summed E-state index contributed by atoms with van der Waals surface area (Å²) >= 11 is 3.48. The summed E-state index contributed by atoms with van der Waals surface area (Å²) < 4.78 is 7.04. The normalized spacial score (nSPS) is 13.7. The van der Waals surface area contributed by atoms with Crippen LogP contribution in [0.1, 0.15) is 17.7 Å². The van der Waals surface area contributed by atoms with Crippen LogP contribution in [0.3, 0.4) is 0 Å². The zero-order chi connectivity index (χ0) is 13.5. The molecule has 0 saturated heterocycles. The van der Waals surface area contributed by atoms with Crippen LogP contribution in [0, 0.1) is 0 Å². The van der Waals surface area contributed by atoms with Gasteiger partial charge < -0.3 is 4.42 Å². The zero-order valence-corrected chi connectivity index (χ0v) is 12.5. The molecule has 3 aromatic rings. The van der Waals surface area contributed by atoms with Crippen LogP contribution in [0.5, 0.6) is 0 Å². The van der Waals surface area contributed by atoms with Crippen LogP contribution in [0.25, 0.3) is 28.2 Å². The molecule has 0 atom stereocenters. The number of halogens is 1. The van der Waals surface area contributed by atoms with Gasteiger partial charge in [0.2, 0.25) is 0 Å². The quantitative estimate of drug-likeness (QED) is 0.549. The van der Waals surface area contributed by atoms with Gasteiger partial charge in [-0.05, 0) is 41.8 Å². The molecule has 20 heavy (non-hydrogen) atoms. The van der Waals surface area contributed by atoms with Gasteiger partial charge in [-0.15, -0.1) is 0 Å². The molecule has 0 N–H and O–H groups in total. The van der Waals surface area contributed by atoms with E-state index in [9.17, 15) is 0 Å². The van der Waals surface area contributed by atoms with E-state index in [1.165, 1.54) is 22.1 Å². The van der Waals surface area contributed by atoms with Crippen molar-refractivity contribution in [1.82, 2.24) is 0 Å². The Morgan fingerprint density at radius 2 is 1.75 bits per heavy atom. The van der Waals surface area contributed by atoms with Gasteiger partial charge in [0.1, 0.15) is 11.3 Å². The van der Waals surface area contributed by atoms with Crippen LogP contribution in [-0.2, 0) is 6.42 Å². The van der Waals surface area contributed by atoms with Gasteiger partial charge in [0, 0.05) is 21.8 Å². The Balaban J connectivity index is 1.90. The molecule has 4 rings (SSSR count). The van der Waals surface area contributed by atoms with Crippen LogP contribution in [0.4, 0.5) is 0 Å². The van der Waals surface area contributed by atoms with E-state index in [1.54, 1.807) is 0 Å². The van der Waals surface area contributed by atoms with E-state index >= 15 is 0 Å². The summed E-state index contributed by atoms with van der Waals surface area (Å²) in [7, 11) is 0. The highest BCUT2D eigenvalue weighted by molar-refractivity contribution is 9.10.